The van der Waals surface area contributed by atoms with Crippen molar-refractivity contribution in [2.45, 2.75) is 26.3 Å². The van der Waals surface area contributed by atoms with Crippen LogP contribution >= 0.6 is 0 Å². The summed E-state index contributed by atoms with van der Waals surface area (Å²) in [6.07, 6.45) is 5.07. The molecule has 32 heavy (non-hydrogen) atoms. The Balaban J connectivity index is 1.32. The Morgan fingerprint density at radius 1 is 1.16 bits per heavy atom. The van der Waals surface area contributed by atoms with Crippen LogP contribution in [0, 0.1) is 5.92 Å². The van der Waals surface area contributed by atoms with Gasteiger partial charge in [-0.25, -0.2) is 0 Å². The Hall–Kier alpha value is -3.62. The van der Waals surface area contributed by atoms with Gasteiger partial charge in [0.05, 0.1) is 12.5 Å². The van der Waals surface area contributed by atoms with Gasteiger partial charge in [-0.3, -0.25) is 9.78 Å². The van der Waals surface area contributed by atoms with Gasteiger partial charge in [-0.05, 0) is 43.5 Å². The highest BCUT2D eigenvalue weighted by Crippen LogP contribution is 2.34. The Morgan fingerprint density at radius 2 is 2.00 bits per heavy atom. The van der Waals surface area contributed by atoms with Gasteiger partial charge in [0.2, 0.25) is 6.79 Å². The number of aromatic nitrogens is 3. The molecule has 0 unspecified atom stereocenters. The van der Waals surface area contributed by atoms with Crippen molar-refractivity contribution in [1.82, 2.24) is 15.2 Å². The minimum atomic E-state index is -0.102. The Labute approximate surface area is 185 Å². The fourth-order valence-corrected chi connectivity index (χ4v) is 4.17. The lowest BCUT2D eigenvalue weighted by Gasteiger charge is -2.32. The van der Waals surface area contributed by atoms with Gasteiger partial charge in [-0.2, -0.15) is 0 Å². The van der Waals surface area contributed by atoms with E-state index in [0.717, 1.165) is 59.6 Å². The fraction of sp³-hybridized carbons (Fsp3) is 0.391. The number of carbonyl (C=O) groups excluding carboxylic acids is 1. The lowest BCUT2D eigenvalue weighted by Crippen LogP contribution is -2.37. The summed E-state index contributed by atoms with van der Waals surface area (Å²) in [5.74, 6) is 2.86. The van der Waals surface area contributed by atoms with Gasteiger partial charge < -0.3 is 24.4 Å². The Bertz CT molecular complexity index is 1130. The second-order valence-electron chi connectivity index (χ2n) is 7.85. The maximum absolute atomic E-state index is 12.0. The summed E-state index contributed by atoms with van der Waals surface area (Å²) in [5.41, 5.74) is 1.05. The van der Waals surface area contributed by atoms with E-state index in [1.54, 1.807) is 12.4 Å². The molecule has 1 N–H and O–H groups in total. The molecule has 1 fully saturated rings. The standard InChI is InChI=1S/C23H25N5O4/c1-2-30-23(29)16-6-9-28(10-7-16)22-17-5-8-24-13-18(17)21(26-27-22)25-12-15-3-4-19-20(11-15)32-14-31-19/h3-5,8,11,13,16H,2,6-7,9-10,12,14H2,1H3,(H,25,26). The number of fused-ring (bicyclic) bond motifs is 2. The quantitative estimate of drug-likeness (QED) is 0.585. The average Bonchev–Trinajstić information content (AvgIpc) is 3.31. The number of piperidine rings is 1. The van der Waals surface area contributed by atoms with Crippen molar-refractivity contribution in [2.24, 2.45) is 5.92 Å². The van der Waals surface area contributed by atoms with Crippen LogP contribution in [0.3, 0.4) is 0 Å². The molecule has 2 aliphatic rings. The summed E-state index contributed by atoms with van der Waals surface area (Å²) in [7, 11) is 0. The minimum absolute atomic E-state index is 0.0465. The summed E-state index contributed by atoms with van der Waals surface area (Å²) in [6.45, 7) is 4.55. The van der Waals surface area contributed by atoms with Gasteiger partial charge in [0, 0.05) is 42.8 Å². The highest BCUT2D eigenvalue weighted by atomic mass is 16.7. The van der Waals surface area contributed by atoms with Crippen molar-refractivity contribution >= 4 is 28.4 Å². The third kappa shape index (κ3) is 3.98. The molecule has 1 aromatic carbocycles. The number of ether oxygens (including phenoxy) is 3. The number of carbonyl (C=O) groups is 1. The molecule has 1 saturated heterocycles. The van der Waals surface area contributed by atoms with E-state index in [2.05, 4.69) is 25.4 Å². The zero-order chi connectivity index (χ0) is 21.9. The molecular formula is C23H25N5O4. The SMILES string of the molecule is CCOC(=O)C1CCN(c2nnc(NCc3ccc4c(c3)OCO4)c3cnccc23)CC1. The Kier molecular flexibility index (Phi) is 5.62. The lowest BCUT2D eigenvalue weighted by atomic mass is 9.97. The first-order valence-electron chi connectivity index (χ1n) is 10.9. The first-order chi connectivity index (χ1) is 15.7. The monoisotopic (exact) mass is 435 g/mol. The van der Waals surface area contributed by atoms with Crippen LogP contribution in [0.25, 0.3) is 10.8 Å². The fourth-order valence-electron chi connectivity index (χ4n) is 4.17. The first-order valence-corrected chi connectivity index (χ1v) is 10.9. The van der Waals surface area contributed by atoms with Crippen molar-refractivity contribution in [3.8, 4) is 11.5 Å². The van der Waals surface area contributed by atoms with Crippen LogP contribution in [0.2, 0.25) is 0 Å². The number of hydrogen-bond acceptors (Lipinski definition) is 9. The largest absolute Gasteiger partial charge is 0.466 e. The number of nitrogens with zero attached hydrogens (tertiary/aromatic N) is 4. The first kappa shape index (κ1) is 20.3. The molecule has 9 heteroatoms. The number of nitrogens with one attached hydrogen (secondary N) is 1. The van der Waals surface area contributed by atoms with Crippen molar-refractivity contribution in [2.75, 3.05) is 36.7 Å². The molecule has 0 spiro atoms. The maximum atomic E-state index is 12.0. The summed E-state index contributed by atoms with van der Waals surface area (Å²) in [6, 6.07) is 7.83. The van der Waals surface area contributed by atoms with E-state index in [9.17, 15) is 4.79 Å². The van der Waals surface area contributed by atoms with Crippen LogP contribution in [-0.4, -0.2) is 47.6 Å². The van der Waals surface area contributed by atoms with E-state index in [-0.39, 0.29) is 18.7 Å². The predicted octanol–water partition coefficient (Wildman–Crippen LogP) is 3.15. The molecule has 9 nitrogen and oxygen atoms in total. The number of benzene rings is 1. The van der Waals surface area contributed by atoms with E-state index in [4.69, 9.17) is 14.2 Å². The van der Waals surface area contributed by atoms with Crippen LogP contribution < -0.4 is 19.7 Å². The number of esters is 1. The average molecular weight is 435 g/mol. The third-order valence-electron chi connectivity index (χ3n) is 5.87. The third-order valence-corrected chi connectivity index (χ3v) is 5.87. The van der Waals surface area contributed by atoms with E-state index < -0.39 is 0 Å². The molecule has 2 aromatic heterocycles. The van der Waals surface area contributed by atoms with Gasteiger partial charge in [0.15, 0.2) is 23.1 Å². The summed E-state index contributed by atoms with van der Waals surface area (Å²) in [4.78, 5) is 18.5. The van der Waals surface area contributed by atoms with Gasteiger partial charge >= 0.3 is 5.97 Å². The molecule has 4 heterocycles. The lowest BCUT2D eigenvalue weighted by molar-refractivity contribution is -0.148. The molecule has 2 aliphatic heterocycles. The molecule has 0 atom stereocenters. The smallest absolute Gasteiger partial charge is 0.309 e. The van der Waals surface area contributed by atoms with Crippen LogP contribution in [0.1, 0.15) is 25.3 Å². The highest BCUT2D eigenvalue weighted by molar-refractivity contribution is 5.98. The van der Waals surface area contributed by atoms with E-state index in [1.165, 1.54) is 0 Å². The zero-order valence-electron chi connectivity index (χ0n) is 17.9. The predicted molar refractivity (Wildman–Crippen MR) is 119 cm³/mol. The van der Waals surface area contributed by atoms with Crippen molar-refractivity contribution in [3.63, 3.8) is 0 Å². The van der Waals surface area contributed by atoms with Crippen LogP contribution in [0.4, 0.5) is 11.6 Å². The summed E-state index contributed by atoms with van der Waals surface area (Å²) in [5, 5.41) is 14.3. The number of hydrogen-bond donors (Lipinski definition) is 1. The topological polar surface area (TPSA) is 98.7 Å². The van der Waals surface area contributed by atoms with Crippen LogP contribution in [0.5, 0.6) is 11.5 Å². The van der Waals surface area contributed by atoms with Crippen LogP contribution in [0.15, 0.2) is 36.7 Å². The summed E-state index contributed by atoms with van der Waals surface area (Å²) >= 11 is 0. The second kappa shape index (κ2) is 8.86. The summed E-state index contributed by atoms with van der Waals surface area (Å²) < 4.78 is 16.0. The second-order valence-corrected chi connectivity index (χ2v) is 7.85. The van der Waals surface area contributed by atoms with E-state index >= 15 is 0 Å². The molecule has 0 saturated carbocycles. The van der Waals surface area contributed by atoms with Crippen molar-refractivity contribution < 1.29 is 19.0 Å². The van der Waals surface area contributed by atoms with Gasteiger partial charge in [0.25, 0.3) is 0 Å². The van der Waals surface area contributed by atoms with Gasteiger partial charge in [-0.1, -0.05) is 6.07 Å². The van der Waals surface area contributed by atoms with Crippen LogP contribution in [-0.2, 0) is 16.1 Å². The normalized spacial score (nSPS) is 15.7. The van der Waals surface area contributed by atoms with Crippen molar-refractivity contribution in [3.05, 3.63) is 42.2 Å². The number of pyridine rings is 1. The number of anilines is 2. The molecule has 0 bridgehead atoms. The molecule has 166 valence electrons. The number of rotatable bonds is 6. The van der Waals surface area contributed by atoms with Crippen molar-refractivity contribution in [1.29, 1.82) is 0 Å². The Morgan fingerprint density at radius 3 is 2.84 bits per heavy atom. The van der Waals surface area contributed by atoms with Gasteiger partial charge in [-0.15, -0.1) is 10.2 Å². The maximum Gasteiger partial charge on any atom is 0.309 e. The highest BCUT2D eigenvalue weighted by Gasteiger charge is 2.28. The van der Waals surface area contributed by atoms with E-state index in [1.807, 2.05) is 31.2 Å². The van der Waals surface area contributed by atoms with E-state index in [0.29, 0.717) is 19.0 Å². The zero-order valence-corrected chi connectivity index (χ0v) is 17.9. The van der Waals surface area contributed by atoms with Gasteiger partial charge in [0.1, 0.15) is 0 Å². The molecule has 3 aromatic rings. The minimum Gasteiger partial charge on any atom is -0.466 e. The molecule has 5 rings (SSSR count). The molecule has 0 amide bonds. The molecule has 0 aliphatic carbocycles. The molecular weight excluding hydrogens is 410 g/mol. The molecule has 0 radical (unpaired) electrons.